The monoisotopic (exact) mass is 226 g/mol. The fourth-order valence-electron chi connectivity index (χ4n) is 1.20. The number of ketones is 1. The molecule has 1 rings (SSSR count). The van der Waals surface area contributed by atoms with Crippen LogP contribution in [0.2, 0.25) is 0 Å². The molecule has 1 nitrogen and oxygen atoms in total. The maximum atomic E-state index is 10.8. The van der Waals surface area contributed by atoms with Gasteiger partial charge in [-0.25, -0.2) is 0 Å². The number of aryl methyl sites for hydroxylation is 1. The lowest BCUT2D eigenvalue weighted by Gasteiger charge is -2.00. The summed E-state index contributed by atoms with van der Waals surface area (Å²) in [7, 11) is 0. The van der Waals surface area contributed by atoms with Crippen molar-refractivity contribution in [2.75, 3.05) is 0 Å². The molecular weight excluding hydrogens is 216 g/mol. The molecule has 0 amide bonds. The van der Waals surface area contributed by atoms with Gasteiger partial charge in [0.1, 0.15) is 5.78 Å². The fraction of sp³-hybridized carbons (Fsp3) is 0.300. The first-order chi connectivity index (χ1) is 5.58. The van der Waals surface area contributed by atoms with Gasteiger partial charge in [-0.2, -0.15) is 0 Å². The van der Waals surface area contributed by atoms with E-state index in [1.54, 1.807) is 6.92 Å². The Morgan fingerprint density at radius 3 is 2.58 bits per heavy atom. The SMILES string of the molecule is CC(=O)Cc1cc(C)cc(Br)c1. The van der Waals surface area contributed by atoms with E-state index < -0.39 is 0 Å². The van der Waals surface area contributed by atoms with E-state index in [-0.39, 0.29) is 5.78 Å². The van der Waals surface area contributed by atoms with Crippen LogP contribution in [0.5, 0.6) is 0 Å². The highest BCUT2D eigenvalue weighted by Gasteiger charge is 1.99. The molecule has 64 valence electrons. The van der Waals surface area contributed by atoms with Crippen LogP contribution in [-0.4, -0.2) is 5.78 Å². The molecule has 0 aromatic heterocycles. The average Bonchev–Trinajstić information content (AvgIpc) is 1.81. The zero-order valence-corrected chi connectivity index (χ0v) is 8.81. The molecule has 0 spiro atoms. The van der Waals surface area contributed by atoms with E-state index in [0.29, 0.717) is 6.42 Å². The molecule has 0 radical (unpaired) electrons. The fourth-order valence-corrected chi connectivity index (χ4v) is 1.86. The van der Waals surface area contributed by atoms with Crippen LogP contribution in [0.4, 0.5) is 0 Å². The van der Waals surface area contributed by atoms with Crippen LogP contribution in [0, 0.1) is 6.92 Å². The van der Waals surface area contributed by atoms with E-state index in [1.165, 1.54) is 5.56 Å². The third kappa shape index (κ3) is 2.78. The maximum absolute atomic E-state index is 10.8. The molecule has 0 aliphatic carbocycles. The number of benzene rings is 1. The molecule has 2 heteroatoms. The van der Waals surface area contributed by atoms with Crippen LogP contribution in [0.1, 0.15) is 18.1 Å². The van der Waals surface area contributed by atoms with Crippen LogP contribution in [0.3, 0.4) is 0 Å². The summed E-state index contributed by atoms with van der Waals surface area (Å²) in [5.74, 6) is 0.201. The summed E-state index contributed by atoms with van der Waals surface area (Å²) in [4.78, 5) is 10.8. The van der Waals surface area contributed by atoms with Crippen LogP contribution in [0.25, 0.3) is 0 Å². The number of hydrogen-bond donors (Lipinski definition) is 0. The number of rotatable bonds is 2. The highest BCUT2D eigenvalue weighted by atomic mass is 79.9. The van der Waals surface area contributed by atoms with Crippen molar-refractivity contribution in [1.82, 2.24) is 0 Å². The molecule has 1 aromatic rings. The van der Waals surface area contributed by atoms with Gasteiger partial charge in [-0.15, -0.1) is 0 Å². The largest absolute Gasteiger partial charge is 0.300 e. The normalized spacial score (nSPS) is 9.92. The minimum Gasteiger partial charge on any atom is -0.300 e. The minimum atomic E-state index is 0.201. The van der Waals surface area contributed by atoms with Gasteiger partial charge in [0, 0.05) is 10.9 Å². The van der Waals surface area contributed by atoms with E-state index in [0.717, 1.165) is 10.0 Å². The van der Waals surface area contributed by atoms with Crippen molar-refractivity contribution in [2.45, 2.75) is 20.3 Å². The second-order valence-corrected chi connectivity index (χ2v) is 3.93. The molecule has 0 saturated heterocycles. The number of Topliss-reactive ketones (excluding diaryl/α,β-unsaturated/α-hetero) is 1. The van der Waals surface area contributed by atoms with Crippen LogP contribution >= 0.6 is 15.9 Å². The lowest BCUT2D eigenvalue weighted by molar-refractivity contribution is -0.116. The molecule has 0 saturated carbocycles. The van der Waals surface area contributed by atoms with E-state index in [4.69, 9.17) is 0 Å². The quantitative estimate of drug-likeness (QED) is 0.759. The zero-order chi connectivity index (χ0) is 9.14. The lowest BCUT2D eigenvalue weighted by atomic mass is 10.1. The van der Waals surface area contributed by atoms with Crippen LogP contribution in [-0.2, 0) is 11.2 Å². The number of carbonyl (C=O) groups is 1. The van der Waals surface area contributed by atoms with Gasteiger partial charge >= 0.3 is 0 Å². The van der Waals surface area contributed by atoms with E-state index in [9.17, 15) is 4.79 Å². The van der Waals surface area contributed by atoms with Gasteiger partial charge in [-0.1, -0.05) is 22.0 Å². The standard InChI is InChI=1S/C10H11BrO/c1-7-3-9(5-8(2)12)6-10(11)4-7/h3-4,6H,5H2,1-2H3. The van der Waals surface area contributed by atoms with Crippen molar-refractivity contribution in [3.63, 3.8) is 0 Å². The molecule has 0 fully saturated rings. The molecule has 0 aliphatic rings. The van der Waals surface area contributed by atoms with Gasteiger partial charge < -0.3 is 0 Å². The van der Waals surface area contributed by atoms with Crippen molar-refractivity contribution in [2.24, 2.45) is 0 Å². The molecule has 0 bridgehead atoms. The van der Waals surface area contributed by atoms with Crippen LogP contribution < -0.4 is 0 Å². The molecule has 0 aliphatic heterocycles. The van der Waals surface area contributed by atoms with Crippen molar-refractivity contribution in [3.8, 4) is 0 Å². The Morgan fingerprint density at radius 1 is 1.42 bits per heavy atom. The van der Waals surface area contributed by atoms with E-state index in [1.807, 2.05) is 25.1 Å². The van der Waals surface area contributed by atoms with Gasteiger partial charge in [0.15, 0.2) is 0 Å². The van der Waals surface area contributed by atoms with Crippen LogP contribution in [0.15, 0.2) is 22.7 Å². The molecule has 1 aromatic carbocycles. The zero-order valence-electron chi connectivity index (χ0n) is 7.23. The Kier molecular flexibility index (Phi) is 3.04. The Balaban J connectivity index is 2.93. The Bertz CT molecular complexity index is 284. The van der Waals surface area contributed by atoms with Crippen molar-refractivity contribution < 1.29 is 4.79 Å². The number of carbonyl (C=O) groups excluding carboxylic acids is 1. The summed E-state index contributed by atoms with van der Waals surface area (Å²) in [6.45, 7) is 3.63. The summed E-state index contributed by atoms with van der Waals surface area (Å²) in [5.41, 5.74) is 2.26. The van der Waals surface area contributed by atoms with Gasteiger partial charge in [0.25, 0.3) is 0 Å². The third-order valence-electron chi connectivity index (χ3n) is 1.55. The summed E-state index contributed by atoms with van der Waals surface area (Å²) in [6, 6.07) is 6.05. The smallest absolute Gasteiger partial charge is 0.134 e. The second-order valence-electron chi connectivity index (χ2n) is 3.02. The summed E-state index contributed by atoms with van der Waals surface area (Å²) >= 11 is 3.39. The van der Waals surface area contributed by atoms with Gasteiger partial charge in [0.05, 0.1) is 0 Å². The average molecular weight is 227 g/mol. The van der Waals surface area contributed by atoms with E-state index >= 15 is 0 Å². The number of halogens is 1. The molecular formula is C10H11BrO. The molecule has 12 heavy (non-hydrogen) atoms. The minimum absolute atomic E-state index is 0.201. The predicted octanol–water partition coefficient (Wildman–Crippen LogP) is 2.89. The van der Waals surface area contributed by atoms with Crippen molar-refractivity contribution >= 4 is 21.7 Å². The molecule has 0 heterocycles. The van der Waals surface area contributed by atoms with Gasteiger partial charge in [0.2, 0.25) is 0 Å². The second kappa shape index (κ2) is 3.85. The first-order valence-electron chi connectivity index (χ1n) is 3.83. The topological polar surface area (TPSA) is 17.1 Å². The molecule has 0 unspecified atom stereocenters. The molecule has 0 N–H and O–H groups in total. The Labute approximate surface area is 80.9 Å². The summed E-state index contributed by atoms with van der Waals surface area (Å²) < 4.78 is 1.04. The first-order valence-corrected chi connectivity index (χ1v) is 4.63. The number of hydrogen-bond acceptors (Lipinski definition) is 1. The highest BCUT2D eigenvalue weighted by Crippen LogP contribution is 2.15. The third-order valence-corrected chi connectivity index (χ3v) is 2.01. The van der Waals surface area contributed by atoms with Gasteiger partial charge in [-0.05, 0) is 37.1 Å². The Morgan fingerprint density at radius 2 is 2.08 bits per heavy atom. The van der Waals surface area contributed by atoms with Crippen molar-refractivity contribution in [1.29, 1.82) is 0 Å². The maximum Gasteiger partial charge on any atom is 0.134 e. The van der Waals surface area contributed by atoms with Gasteiger partial charge in [-0.3, -0.25) is 4.79 Å². The molecule has 0 atom stereocenters. The summed E-state index contributed by atoms with van der Waals surface area (Å²) in [6.07, 6.45) is 0.528. The Hall–Kier alpha value is -0.630. The van der Waals surface area contributed by atoms with Crippen molar-refractivity contribution in [3.05, 3.63) is 33.8 Å². The lowest BCUT2D eigenvalue weighted by Crippen LogP contribution is -1.96. The predicted molar refractivity (Wildman–Crippen MR) is 53.3 cm³/mol. The summed E-state index contributed by atoms with van der Waals surface area (Å²) in [5, 5.41) is 0. The van der Waals surface area contributed by atoms with E-state index in [2.05, 4.69) is 15.9 Å². The highest BCUT2D eigenvalue weighted by molar-refractivity contribution is 9.10. The first kappa shape index (κ1) is 9.46.